The number of nitrogens with zero attached hydrogens (tertiary/aromatic N) is 2. The number of aromatic nitrogens is 1. The summed E-state index contributed by atoms with van der Waals surface area (Å²) >= 11 is 0. The minimum Gasteiger partial charge on any atom is -0.423 e. The first-order valence-electron chi connectivity index (χ1n) is 7.36. The van der Waals surface area contributed by atoms with Crippen LogP contribution in [0.25, 0.3) is 0 Å². The first-order chi connectivity index (χ1) is 12.5. The maximum atomic E-state index is 14.0. The Morgan fingerprint density at radius 2 is 1.96 bits per heavy atom. The topological polar surface area (TPSA) is 62.7 Å². The van der Waals surface area contributed by atoms with Crippen LogP contribution >= 0.6 is 0 Å². The zero-order valence-corrected chi connectivity index (χ0v) is 13.2. The van der Waals surface area contributed by atoms with Gasteiger partial charge in [-0.2, -0.15) is 22.0 Å². The number of anilines is 1. The highest BCUT2D eigenvalue weighted by molar-refractivity contribution is 6.01. The number of amides is 1. The quantitative estimate of drug-likeness (QED) is 0.814. The predicted molar refractivity (Wildman–Crippen MR) is 78.4 cm³/mol. The van der Waals surface area contributed by atoms with E-state index < -0.39 is 53.7 Å². The second-order valence-corrected chi connectivity index (χ2v) is 5.66. The highest BCUT2D eigenvalue weighted by Gasteiger charge is 2.52. The van der Waals surface area contributed by atoms with Crippen LogP contribution in [0, 0.1) is 5.82 Å². The number of carbonyl (C=O) groups excluding carboxylic acids is 1. The van der Waals surface area contributed by atoms with Gasteiger partial charge >= 0.3 is 18.2 Å². The van der Waals surface area contributed by atoms with Gasteiger partial charge in [0.1, 0.15) is 5.82 Å². The van der Waals surface area contributed by atoms with Crippen LogP contribution in [0.5, 0.6) is 5.75 Å². The van der Waals surface area contributed by atoms with Crippen LogP contribution in [-0.4, -0.2) is 28.3 Å². The molecule has 1 aliphatic heterocycles. The number of alkyl halides is 5. The summed E-state index contributed by atoms with van der Waals surface area (Å²) in [5.74, 6) is -3.63. The van der Waals surface area contributed by atoms with Crippen LogP contribution in [0.1, 0.15) is 17.2 Å². The van der Waals surface area contributed by atoms with Gasteiger partial charge in [0, 0.05) is 11.8 Å². The van der Waals surface area contributed by atoms with Crippen molar-refractivity contribution in [2.75, 3.05) is 4.90 Å². The summed E-state index contributed by atoms with van der Waals surface area (Å²) < 4.78 is 83.9. The number of carbonyl (C=O) groups is 1. The third-order valence-electron chi connectivity index (χ3n) is 3.75. The van der Waals surface area contributed by atoms with Crippen molar-refractivity contribution in [1.82, 2.24) is 4.98 Å². The Kier molecular flexibility index (Phi) is 4.50. The number of fused-ring (bicyclic) bond motifs is 1. The van der Waals surface area contributed by atoms with Crippen LogP contribution in [-0.2, 0) is 11.3 Å². The van der Waals surface area contributed by atoms with E-state index in [1.165, 1.54) is 0 Å². The van der Waals surface area contributed by atoms with Crippen molar-refractivity contribution in [3.63, 3.8) is 0 Å². The Labute approximate surface area is 147 Å². The fourth-order valence-corrected chi connectivity index (χ4v) is 2.58. The van der Waals surface area contributed by atoms with Crippen LogP contribution < -0.4 is 9.64 Å². The lowest BCUT2D eigenvalue weighted by Gasteiger charge is -2.35. The zero-order valence-electron chi connectivity index (χ0n) is 13.2. The molecule has 2 heterocycles. The van der Waals surface area contributed by atoms with Crippen molar-refractivity contribution in [1.29, 1.82) is 0 Å². The van der Waals surface area contributed by atoms with Gasteiger partial charge in [0.25, 0.3) is 0 Å². The van der Waals surface area contributed by atoms with Crippen LogP contribution in [0.3, 0.4) is 0 Å². The monoisotopic (exact) mass is 392 g/mol. The normalized spacial score (nSPS) is 17.3. The van der Waals surface area contributed by atoms with Gasteiger partial charge in [0.15, 0.2) is 11.9 Å². The number of pyridine rings is 1. The molecular formula is C16H10F6N2O3. The molecule has 1 aromatic carbocycles. The van der Waals surface area contributed by atoms with Gasteiger partial charge in [-0.15, -0.1) is 0 Å². The summed E-state index contributed by atoms with van der Waals surface area (Å²) in [7, 11) is 0. The Bertz CT molecular complexity index is 887. The highest BCUT2D eigenvalue weighted by atomic mass is 19.4. The third kappa shape index (κ3) is 3.54. The minimum atomic E-state index is -5.15. The van der Waals surface area contributed by atoms with Gasteiger partial charge in [-0.3, -0.25) is 14.7 Å². The van der Waals surface area contributed by atoms with E-state index in [0.29, 0.717) is 4.90 Å². The largest absolute Gasteiger partial charge is 0.483 e. The van der Waals surface area contributed by atoms with Crippen LogP contribution in [0.15, 0.2) is 36.7 Å². The second-order valence-electron chi connectivity index (χ2n) is 5.66. The predicted octanol–water partition coefficient (Wildman–Crippen LogP) is 3.33. The SMILES string of the molecule is O=C1N(Cc2cncc(F)c2)c2cccc([C@@H](O)C(F)(F)F)c2OC1(F)F. The smallest absolute Gasteiger partial charge is 0.423 e. The molecular weight excluding hydrogens is 382 g/mol. The summed E-state index contributed by atoms with van der Waals surface area (Å²) in [5, 5.41) is 9.45. The zero-order chi connectivity index (χ0) is 20.0. The molecule has 1 amide bonds. The maximum absolute atomic E-state index is 14.0. The third-order valence-corrected chi connectivity index (χ3v) is 3.75. The molecule has 0 unspecified atom stereocenters. The molecule has 3 rings (SSSR count). The average Bonchev–Trinajstić information content (AvgIpc) is 2.57. The van der Waals surface area contributed by atoms with E-state index >= 15 is 0 Å². The summed E-state index contributed by atoms with van der Waals surface area (Å²) in [6, 6.07) is 3.80. The Morgan fingerprint density at radius 1 is 1.26 bits per heavy atom. The lowest BCUT2D eigenvalue weighted by atomic mass is 10.0. The van der Waals surface area contributed by atoms with Gasteiger partial charge in [-0.1, -0.05) is 12.1 Å². The number of ether oxygens (including phenoxy) is 1. The van der Waals surface area contributed by atoms with Gasteiger partial charge in [0.2, 0.25) is 0 Å². The van der Waals surface area contributed by atoms with Crippen molar-refractivity contribution >= 4 is 11.6 Å². The Balaban J connectivity index is 2.10. The number of aliphatic hydroxyl groups is 1. The average molecular weight is 392 g/mol. The molecule has 0 aliphatic carbocycles. The standard InChI is InChI=1S/C16H10F6N2O3/c17-9-4-8(5-23-6-9)7-24-11-3-1-2-10(13(25)15(18,19)20)12(11)27-16(21,22)14(24)26/h1-6,13,25H,7H2/t13-/m1/s1. The van der Waals surface area contributed by atoms with Gasteiger partial charge < -0.3 is 9.84 Å². The molecule has 0 fully saturated rings. The molecule has 0 saturated heterocycles. The number of hydrogen-bond donors (Lipinski definition) is 1. The molecule has 0 bridgehead atoms. The van der Waals surface area contributed by atoms with Gasteiger partial charge in [-0.25, -0.2) is 4.39 Å². The lowest BCUT2D eigenvalue weighted by molar-refractivity contribution is -0.211. The van der Waals surface area contributed by atoms with Gasteiger partial charge in [0.05, 0.1) is 18.4 Å². The van der Waals surface area contributed by atoms with Crippen molar-refractivity contribution in [3.05, 3.63) is 53.6 Å². The summed E-state index contributed by atoms with van der Waals surface area (Å²) in [6.45, 7) is -0.596. The van der Waals surface area contributed by atoms with E-state index in [9.17, 15) is 36.2 Å². The molecule has 2 aromatic rings. The fourth-order valence-electron chi connectivity index (χ4n) is 2.58. The number of para-hydroxylation sites is 1. The van der Waals surface area contributed by atoms with Crippen molar-refractivity contribution in [2.24, 2.45) is 0 Å². The maximum Gasteiger partial charge on any atom is 0.483 e. The molecule has 1 atom stereocenters. The lowest BCUT2D eigenvalue weighted by Crippen LogP contribution is -2.50. The minimum absolute atomic E-state index is 0.0220. The Hall–Kier alpha value is -2.82. The van der Waals surface area contributed by atoms with E-state index in [-0.39, 0.29) is 5.56 Å². The van der Waals surface area contributed by atoms with E-state index in [4.69, 9.17) is 0 Å². The molecule has 144 valence electrons. The summed E-state index contributed by atoms with van der Waals surface area (Å²) in [5.41, 5.74) is -1.38. The van der Waals surface area contributed by atoms with E-state index in [1.807, 2.05) is 0 Å². The molecule has 1 N–H and O–H groups in total. The molecule has 11 heteroatoms. The first kappa shape index (κ1) is 19.0. The molecule has 1 aromatic heterocycles. The van der Waals surface area contributed by atoms with Crippen LogP contribution in [0.2, 0.25) is 0 Å². The molecule has 0 radical (unpaired) electrons. The Morgan fingerprint density at radius 3 is 2.59 bits per heavy atom. The van der Waals surface area contributed by atoms with Crippen molar-refractivity contribution < 1.29 is 41.0 Å². The van der Waals surface area contributed by atoms with Crippen molar-refractivity contribution in [2.45, 2.75) is 24.9 Å². The first-order valence-corrected chi connectivity index (χ1v) is 7.36. The highest BCUT2D eigenvalue weighted by Crippen LogP contribution is 2.47. The van der Waals surface area contributed by atoms with Gasteiger partial charge in [-0.05, 0) is 17.7 Å². The number of halogens is 6. The summed E-state index contributed by atoms with van der Waals surface area (Å²) in [4.78, 5) is 16.0. The number of hydrogen-bond acceptors (Lipinski definition) is 4. The van der Waals surface area contributed by atoms with E-state index in [1.54, 1.807) is 0 Å². The van der Waals surface area contributed by atoms with Crippen molar-refractivity contribution in [3.8, 4) is 5.75 Å². The van der Waals surface area contributed by atoms with Crippen LogP contribution in [0.4, 0.5) is 32.0 Å². The number of rotatable bonds is 3. The number of benzene rings is 1. The molecule has 0 saturated carbocycles. The van der Waals surface area contributed by atoms with E-state index in [0.717, 1.165) is 36.7 Å². The molecule has 1 aliphatic rings. The molecule has 27 heavy (non-hydrogen) atoms. The van der Waals surface area contributed by atoms with E-state index in [2.05, 4.69) is 9.72 Å². The molecule has 0 spiro atoms. The molecule has 5 nitrogen and oxygen atoms in total. The second kappa shape index (κ2) is 6.41. The number of aliphatic hydroxyl groups excluding tert-OH is 1. The fraction of sp³-hybridized carbons (Fsp3) is 0.250. The summed E-state index contributed by atoms with van der Waals surface area (Å²) in [6.07, 6.45) is -10.8.